The van der Waals surface area contributed by atoms with Gasteiger partial charge in [0.1, 0.15) is 6.10 Å². The minimum absolute atomic E-state index is 0. The second-order valence-corrected chi connectivity index (χ2v) is 8.16. The van der Waals surface area contributed by atoms with Crippen LogP contribution in [0.15, 0.2) is 0 Å². The predicted molar refractivity (Wildman–Crippen MR) is 122 cm³/mol. The fourth-order valence-corrected chi connectivity index (χ4v) is 3.38. The van der Waals surface area contributed by atoms with Gasteiger partial charge < -0.3 is 14.4 Å². The van der Waals surface area contributed by atoms with Crippen molar-refractivity contribution >= 4 is 18.4 Å². The molecule has 0 aliphatic rings. The number of ether oxygens (including phenoxy) is 2. The van der Waals surface area contributed by atoms with E-state index in [9.17, 15) is 4.79 Å². The number of esters is 1. The zero-order valence-corrected chi connectivity index (χ0v) is 20.0. The number of rotatable bonds is 20. The molecule has 0 aromatic heterocycles. The minimum Gasteiger partial charge on any atom is -0.459 e. The Balaban J connectivity index is 0. The van der Waals surface area contributed by atoms with Crippen LogP contribution in [-0.4, -0.2) is 50.8 Å². The molecule has 0 radical (unpaired) electrons. The summed E-state index contributed by atoms with van der Waals surface area (Å²) in [7, 11) is 3.95. The Morgan fingerprint density at radius 3 is 1.61 bits per heavy atom. The molecule has 0 saturated carbocycles. The lowest BCUT2D eigenvalue weighted by Gasteiger charge is -2.20. The zero-order chi connectivity index (χ0) is 20.2. The highest BCUT2D eigenvalue weighted by Gasteiger charge is 2.13. The maximum atomic E-state index is 11.1. The summed E-state index contributed by atoms with van der Waals surface area (Å²) in [6, 6.07) is 0. The summed E-state index contributed by atoms with van der Waals surface area (Å²) >= 11 is 0. The van der Waals surface area contributed by atoms with Gasteiger partial charge >= 0.3 is 5.97 Å². The average Bonchev–Trinajstić information content (AvgIpc) is 2.60. The molecule has 5 heteroatoms. The highest BCUT2D eigenvalue weighted by atomic mass is 35.5. The van der Waals surface area contributed by atoms with Gasteiger partial charge in [0.15, 0.2) is 0 Å². The first kappa shape index (κ1) is 29.9. The molecular formula is C23H48ClNO3. The fourth-order valence-electron chi connectivity index (χ4n) is 3.38. The predicted octanol–water partition coefficient (Wildman–Crippen LogP) is 6.40. The maximum absolute atomic E-state index is 11.1. The second kappa shape index (κ2) is 23.0. The summed E-state index contributed by atoms with van der Waals surface area (Å²) in [5.74, 6) is -0.234. The number of halogens is 1. The van der Waals surface area contributed by atoms with E-state index in [1.807, 2.05) is 19.0 Å². The average molecular weight is 422 g/mol. The second-order valence-electron chi connectivity index (χ2n) is 8.16. The Hall–Kier alpha value is -0.320. The van der Waals surface area contributed by atoms with Crippen LogP contribution in [0.3, 0.4) is 0 Å². The summed E-state index contributed by atoms with van der Waals surface area (Å²) in [5.41, 5.74) is 0. The number of hydrogen-bond donors (Lipinski definition) is 0. The lowest BCUT2D eigenvalue weighted by molar-refractivity contribution is -0.150. The normalized spacial score (nSPS) is 12.0. The van der Waals surface area contributed by atoms with Gasteiger partial charge in [-0.3, -0.25) is 4.79 Å². The van der Waals surface area contributed by atoms with Crippen molar-refractivity contribution in [3.05, 3.63) is 0 Å². The molecule has 0 amide bonds. The third-order valence-electron chi connectivity index (χ3n) is 4.85. The molecule has 170 valence electrons. The largest absolute Gasteiger partial charge is 0.459 e. The van der Waals surface area contributed by atoms with Gasteiger partial charge in [0.25, 0.3) is 0 Å². The topological polar surface area (TPSA) is 38.8 Å². The van der Waals surface area contributed by atoms with Gasteiger partial charge in [-0.2, -0.15) is 0 Å². The summed E-state index contributed by atoms with van der Waals surface area (Å²) < 4.78 is 11.0. The van der Waals surface area contributed by atoms with E-state index in [0.717, 1.165) is 13.0 Å². The first-order valence-corrected chi connectivity index (χ1v) is 11.5. The molecular weight excluding hydrogens is 374 g/mol. The molecule has 0 spiro atoms. The number of carbonyl (C=O) groups excluding carboxylic acids is 1. The van der Waals surface area contributed by atoms with E-state index in [0.29, 0.717) is 13.2 Å². The number of nitrogens with zero attached hydrogens (tertiary/aromatic N) is 1. The highest BCUT2D eigenvalue weighted by molar-refractivity contribution is 5.85. The first-order valence-electron chi connectivity index (χ1n) is 11.5. The van der Waals surface area contributed by atoms with Crippen molar-refractivity contribution in [3.63, 3.8) is 0 Å². The van der Waals surface area contributed by atoms with E-state index in [1.165, 1.54) is 90.4 Å². The van der Waals surface area contributed by atoms with E-state index in [1.54, 1.807) is 0 Å². The Labute approximate surface area is 181 Å². The molecule has 0 aromatic rings. The number of likely N-dealkylation sites (N-methyl/N-ethyl adjacent to an activating group) is 1. The van der Waals surface area contributed by atoms with E-state index in [4.69, 9.17) is 9.47 Å². The monoisotopic (exact) mass is 421 g/mol. The molecule has 0 aliphatic heterocycles. The standard InChI is InChI=1S/C23H47NO3.ClH/c1-5-6-7-8-9-10-11-12-13-14-15-16-17-18-19-26-21-23(20-24(3)4)27-22(2)25;/h23H,5-21H2,1-4H3;1H. The van der Waals surface area contributed by atoms with Crippen LogP contribution < -0.4 is 0 Å². The van der Waals surface area contributed by atoms with Gasteiger partial charge in [-0.25, -0.2) is 0 Å². The van der Waals surface area contributed by atoms with Crippen LogP contribution in [-0.2, 0) is 14.3 Å². The van der Waals surface area contributed by atoms with Crippen molar-refractivity contribution in [1.29, 1.82) is 0 Å². The van der Waals surface area contributed by atoms with Gasteiger partial charge in [-0.15, -0.1) is 12.4 Å². The van der Waals surface area contributed by atoms with Crippen LogP contribution in [0.4, 0.5) is 0 Å². The number of unbranched alkanes of at least 4 members (excludes halogenated alkanes) is 13. The molecule has 1 unspecified atom stereocenters. The summed E-state index contributed by atoms with van der Waals surface area (Å²) in [4.78, 5) is 13.1. The van der Waals surface area contributed by atoms with E-state index >= 15 is 0 Å². The van der Waals surface area contributed by atoms with Gasteiger partial charge in [0.05, 0.1) is 6.61 Å². The molecule has 28 heavy (non-hydrogen) atoms. The molecule has 0 saturated heterocycles. The van der Waals surface area contributed by atoms with Gasteiger partial charge in [0.2, 0.25) is 0 Å². The molecule has 0 heterocycles. The summed E-state index contributed by atoms with van der Waals surface area (Å²) in [6.45, 7) is 5.70. The zero-order valence-electron chi connectivity index (χ0n) is 19.2. The molecule has 0 N–H and O–H groups in total. The lowest BCUT2D eigenvalue weighted by atomic mass is 10.0. The van der Waals surface area contributed by atoms with Crippen molar-refractivity contribution in [1.82, 2.24) is 4.90 Å². The Morgan fingerprint density at radius 1 is 0.786 bits per heavy atom. The van der Waals surface area contributed by atoms with Crippen molar-refractivity contribution < 1.29 is 14.3 Å². The van der Waals surface area contributed by atoms with Crippen molar-refractivity contribution in [2.75, 3.05) is 33.9 Å². The fraction of sp³-hybridized carbons (Fsp3) is 0.957. The van der Waals surface area contributed by atoms with Gasteiger partial charge in [0, 0.05) is 20.1 Å². The van der Waals surface area contributed by atoms with Crippen molar-refractivity contribution in [3.8, 4) is 0 Å². The van der Waals surface area contributed by atoms with E-state index in [2.05, 4.69) is 6.92 Å². The smallest absolute Gasteiger partial charge is 0.303 e. The van der Waals surface area contributed by atoms with Crippen LogP contribution in [0.25, 0.3) is 0 Å². The molecule has 0 rings (SSSR count). The first-order chi connectivity index (χ1) is 13.1. The SMILES string of the molecule is CCCCCCCCCCCCCCCCOCC(CN(C)C)OC(C)=O.Cl. The van der Waals surface area contributed by atoms with Gasteiger partial charge in [-0.1, -0.05) is 90.4 Å². The Bertz CT molecular complexity index is 327. The van der Waals surface area contributed by atoms with Crippen LogP contribution >= 0.6 is 12.4 Å². The maximum Gasteiger partial charge on any atom is 0.303 e. The van der Waals surface area contributed by atoms with Crippen molar-refractivity contribution in [2.24, 2.45) is 0 Å². The van der Waals surface area contributed by atoms with Crippen LogP contribution in [0.2, 0.25) is 0 Å². The third kappa shape index (κ3) is 23.7. The van der Waals surface area contributed by atoms with Crippen LogP contribution in [0.1, 0.15) is 104 Å². The number of carbonyl (C=O) groups is 1. The number of hydrogen-bond acceptors (Lipinski definition) is 4. The molecule has 4 nitrogen and oxygen atoms in total. The summed E-state index contributed by atoms with van der Waals surface area (Å²) in [6.07, 6.45) is 19.0. The molecule has 0 aliphatic carbocycles. The minimum atomic E-state index is -0.234. The lowest BCUT2D eigenvalue weighted by Crippen LogP contribution is -2.33. The molecule has 0 fully saturated rings. The Morgan fingerprint density at radius 2 is 1.21 bits per heavy atom. The van der Waals surface area contributed by atoms with Crippen LogP contribution in [0, 0.1) is 0 Å². The molecule has 0 aromatic carbocycles. The quantitative estimate of drug-likeness (QED) is 0.168. The van der Waals surface area contributed by atoms with E-state index in [-0.39, 0.29) is 24.5 Å². The van der Waals surface area contributed by atoms with E-state index < -0.39 is 0 Å². The molecule has 0 bridgehead atoms. The highest BCUT2D eigenvalue weighted by Crippen LogP contribution is 2.13. The van der Waals surface area contributed by atoms with Gasteiger partial charge in [-0.05, 0) is 20.5 Å². The summed E-state index contributed by atoms with van der Waals surface area (Å²) in [5, 5.41) is 0. The van der Waals surface area contributed by atoms with Crippen molar-refractivity contribution in [2.45, 2.75) is 110 Å². The third-order valence-corrected chi connectivity index (χ3v) is 4.85. The molecule has 1 atom stereocenters. The van der Waals surface area contributed by atoms with Crippen LogP contribution in [0.5, 0.6) is 0 Å². The Kier molecular flexibility index (Phi) is 24.5.